The zero-order chi connectivity index (χ0) is 13.0. The molecule has 1 aromatic carbocycles. The number of nitro benzene ring substituents is 1. The van der Waals surface area contributed by atoms with Gasteiger partial charge in [0.15, 0.2) is 5.96 Å². The van der Waals surface area contributed by atoms with Gasteiger partial charge in [-0.05, 0) is 6.42 Å². The lowest BCUT2D eigenvalue weighted by atomic mass is 10.1. The number of nitrogens with zero attached hydrogens (tertiary/aromatic N) is 3. The van der Waals surface area contributed by atoms with Gasteiger partial charge in [-0.3, -0.25) is 15.1 Å². The minimum atomic E-state index is -0.339. The van der Waals surface area contributed by atoms with Gasteiger partial charge in [0, 0.05) is 31.8 Å². The van der Waals surface area contributed by atoms with E-state index in [-0.39, 0.29) is 34.6 Å². The average Bonchev–Trinajstić information content (AvgIpc) is 2.76. The summed E-state index contributed by atoms with van der Waals surface area (Å²) in [5, 5.41) is 14.0. The van der Waals surface area contributed by atoms with Gasteiger partial charge in [0.25, 0.3) is 5.69 Å². The first kappa shape index (κ1) is 15.7. The fraction of sp³-hybridized carbons (Fsp3) is 0.417. The van der Waals surface area contributed by atoms with Gasteiger partial charge in [0.1, 0.15) is 0 Å². The number of hydrogen-bond donors (Lipinski definition) is 1. The lowest BCUT2D eigenvalue weighted by Crippen LogP contribution is -2.36. The number of halogens is 1. The second-order valence-electron chi connectivity index (χ2n) is 4.19. The van der Waals surface area contributed by atoms with Crippen LogP contribution >= 0.6 is 24.0 Å². The van der Waals surface area contributed by atoms with E-state index in [4.69, 9.17) is 0 Å². The van der Waals surface area contributed by atoms with Crippen molar-refractivity contribution >= 4 is 35.6 Å². The van der Waals surface area contributed by atoms with Crippen molar-refractivity contribution in [3.05, 3.63) is 39.9 Å². The number of nitro groups is 1. The molecule has 0 bridgehead atoms. The Kier molecular flexibility index (Phi) is 6.00. The summed E-state index contributed by atoms with van der Waals surface area (Å²) in [4.78, 5) is 16.9. The highest BCUT2D eigenvalue weighted by Gasteiger charge is 2.14. The first-order valence-electron chi connectivity index (χ1n) is 5.90. The molecule has 1 N–H and O–H groups in total. The Balaban J connectivity index is 0.00000180. The van der Waals surface area contributed by atoms with Gasteiger partial charge in [-0.25, -0.2) is 0 Å². The van der Waals surface area contributed by atoms with Crippen molar-refractivity contribution < 1.29 is 4.92 Å². The van der Waals surface area contributed by atoms with Crippen molar-refractivity contribution in [2.45, 2.75) is 6.42 Å². The molecule has 19 heavy (non-hydrogen) atoms. The zero-order valence-electron chi connectivity index (χ0n) is 10.7. The van der Waals surface area contributed by atoms with E-state index in [2.05, 4.69) is 10.3 Å². The van der Waals surface area contributed by atoms with Gasteiger partial charge in [-0.1, -0.05) is 18.2 Å². The van der Waals surface area contributed by atoms with Crippen LogP contribution in [0.5, 0.6) is 0 Å². The number of rotatable bonds is 4. The van der Waals surface area contributed by atoms with Crippen molar-refractivity contribution in [2.24, 2.45) is 4.99 Å². The average molecular weight is 376 g/mol. The topological polar surface area (TPSA) is 70.8 Å². The molecule has 0 aliphatic carbocycles. The Bertz CT molecular complexity index is 479. The van der Waals surface area contributed by atoms with Crippen molar-refractivity contribution in [3.8, 4) is 0 Å². The number of para-hydroxylation sites is 1. The molecule has 6 nitrogen and oxygen atoms in total. The van der Waals surface area contributed by atoms with Crippen LogP contribution in [0, 0.1) is 10.1 Å². The SMILES string of the molecule is CN1CCN=C1NCCc1ccccc1[N+](=O)[O-].I. The molecule has 0 radical (unpaired) electrons. The molecule has 0 unspecified atom stereocenters. The predicted octanol–water partition coefficient (Wildman–Crippen LogP) is 1.65. The number of likely N-dealkylation sites (N-methyl/N-ethyl adjacent to an activating group) is 1. The molecule has 2 rings (SSSR count). The lowest BCUT2D eigenvalue weighted by Gasteiger charge is -2.15. The van der Waals surface area contributed by atoms with Gasteiger partial charge in [-0.2, -0.15) is 0 Å². The molecule has 1 heterocycles. The molecule has 7 heteroatoms. The minimum Gasteiger partial charge on any atom is -0.356 e. The van der Waals surface area contributed by atoms with Crippen LogP contribution < -0.4 is 5.32 Å². The molecule has 0 saturated carbocycles. The number of nitrogens with one attached hydrogen (secondary N) is 1. The van der Waals surface area contributed by atoms with Gasteiger partial charge >= 0.3 is 0 Å². The van der Waals surface area contributed by atoms with Crippen LogP contribution in [0.1, 0.15) is 5.56 Å². The van der Waals surface area contributed by atoms with Gasteiger partial charge in [0.2, 0.25) is 0 Å². The Hall–Kier alpha value is -1.38. The van der Waals surface area contributed by atoms with Crippen molar-refractivity contribution in [1.82, 2.24) is 10.2 Å². The Morgan fingerprint density at radius 3 is 2.84 bits per heavy atom. The van der Waals surface area contributed by atoms with E-state index < -0.39 is 0 Å². The molecule has 0 aromatic heterocycles. The molecule has 0 fully saturated rings. The third kappa shape index (κ3) is 4.05. The summed E-state index contributed by atoms with van der Waals surface area (Å²) in [5.74, 6) is 0.869. The summed E-state index contributed by atoms with van der Waals surface area (Å²) in [6.45, 7) is 2.38. The molecule has 1 aliphatic heterocycles. The van der Waals surface area contributed by atoms with E-state index in [0.29, 0.717) is 13.0 Å². The van der Waals surface area contributed by atoms with Gasteiger partial charge in [-0.15, -0.1) is 24.0 Å². The van der Waals surface area contributed by atoms with E-state index in [1.54, 1.807) is 12.1 Å². The Morgan fingerprint density at radius 2 is 2.21 bits per heavy atom. The first-order valence-corrected chi connectivity index (χ1v) is 5.90. The van der Waals surface area contributed by atoms with E-state index >= 15 is 0 Å². The normalized spacial score (nSPS) is 13.7. The van der Waals surface area contributed by atoms with Crippen molar-refractivity contribution in [2.75, 3.05) is 26.7 Å². The molecule has 1 aromatic rings. The minimum absolute atomic E-state index is 0. The van der Waals surface area contributed by atoms with E-state index in [0.717, 1.165) is 24.6 Å². The van der Waals surface area contributed by atoms with Gasteiger partial charge in [0.05, 0.1) is 11.5 Å². The van der Waals surface area contributed by atoms with Gasteiger partial charge < -0.3 is 10.2 Å². The van der Waals surface area contributed by atoms with Crippen LogP contribution in [0.15, 0.2) is 29.3 Å². The van der Waals surface area contributed by atoms with Crippen molar-refractivity contribution in [3.63, 3.8) is 0 Å². The van der Waals surface area contributed by atoms with Crippen LogP contribution in [-0.2, 0) is 6.42 Å². The standard InChI is InChI=1S/C12H16N4O2.HI/c1-15-9-8-14-12(15)13-7-6-10-4-2-3-5-11(10)16(17)18;/h2-5H,6-9H2,1H3,(H,13,14);1H. The number of hydrogen-bond acceptors (Lipinski definition) is 5. The maximum absolute atomic E-state index is 10.8. The molecular weight excluding hydrogens is 359 g/mol. The number of aliphatic imine (C=N–C) groups is 1. The van der Waals surface area contributed by atoms with Crippen LogP contribution in [-0.4, -0.2) is 42.5 Å². The second kappa shape index (κ2) is 7.27. The zero-order valence-corrected chi connectivity index (χ0v) is 13.0. The maximum atomic E-state index is 10.8. The van der Waals surface area contributed by atoms with E-state index in [9.17, 15) is 10.1 Å². The largest absolute Gasteiger partial charge is 0.356 e. The predicted molar refractivity (Wildman–Crippen MR) is 85.2 cm³/mol. The van der Waals surface area contributed by atoms with Crippen LogP contribution in [0.3, 0.4) is 0 Å². The summed E-state index contributed by atoms with van der Waals surface area (Å²) < 4.78 is 0. The Morgan fingerprint density at radius 1 is 1.47 bits per heavy atom. The van der Waals surface area contributed by atoms with Crippen LogP contribution in [0.4, 0.5) is 5.69 Å². The van der Waals surface area contributed by atoms with Crippen LogP contribution in [0.2, 0.25) is 0 Å². The summed E-state index contributed by atoms with van der Waals surface area (Å²) >= 11 is 0. The molecule has 104 valence electrons. The molecule has 0 saturated heterocycles. The lowest BCUT2D eigenvalue weighted by molar-refractivity contribution is -0.385. The highest BCUT2D eigenvalue weighted by Crippen LogP contribution is 2.17. The quantitative estimate of drug-likeness (QED) is 0.493. The Labute approximate surface area is 129 Å². The second-order valence-corrected chi connectivity index (χ2v) is 4.19. The fourth-order valence-electron chi connectivity index (χ4n) is 1.93. The monoisotopic (exact) mass is 376 g/mol. The first-order chi connectivity index (χ1) is 8.68. The van der Waals surface area contributed by atoms with E-state index in [1.165, 1.54) is 6.07 Å². The molecule has 1 aliphatic rings. The molecule has 0 amide bonds. The third-order valence-corrected chi connectivity index (χ3v) is 2.92. The third-order valence-electron chi connectivity index (χ3n) is 2.92. The summed E-state index contributed by atoms with van der Waals surface area (Å²) in [5.41, 5.74) is 0.928. The summed E-state index contributed by atoms with van der Waals surface area (Å²) in [6, 6.07) is 6.83. The fourth-order valence-corrected chi connectivity index (χ4v) is 1.93. The number of benzene rings is 1. The molecule has 0 spiro atoms. The molecule has 0 atom stereocenters. The highest BCUT2D eigenvalue weighted by atomic mass is 127. The maximum Gasteiger partial charge on any atom is 0.272 e. The van der Waals surface area contributed by atoms with E-state index in [1.807, 2.05) is 18.0 Å². The summed E-state index contributed by atoms with van der Waals surface area (Å²) in [6.07, 6.45) is 0.615. The smallest absolute Gasteiger partial charge is 0.272 e. The molecular formula is C12H17IN4O2. The van der Waals surface area contributed by atoms with Crippen LogP contribution in [0.25, 0.3) is 0 Å². The number of guanidine groups is 1. The highest BCUT2D eigenvalue weighted by molar-refractivity contribution is 14.0. The van der Waals surface area contributed by atoms with Crippen molar-refractivity contribution in [1.29, 1.82) is 0 Å². The summed E-state index contributed by atoms with van der Waals surface area (Å²) in [7, 11) is 1.98.